The zero-order valence-corrected chi connectivity index (χ0v) is 12.1. The first kappa shape index (κ1) is 13.9. The molecule has 19 heavy (non-hydrogen) atoms. The summed E-state index contributed by atoms with van der Waals surface area (Å²) < 4.78 is 1.72. The zero-order chi connectivity index (χ0) is 14.0. The minimum Gasteiger partial charge on any atom is -0.396 e. The highest BCUT2D eigenvalue weighted by Gasteiger charge is 2.20. The van der Waals surface area contributed by atoms with Crippen LogP contribution in [0.15, 0.2) is 0 Å². The van der Waals surface area contributed by atoms with E-state index in [2.05, 4.69) is 12.0 Å². The number of hydrogen-bond acceptors (Lipinski definition) is 3. The van der Waals surface area contributed by atoms with Gasteiger partial charge in [0.15, 0.2) is 0 Å². The summed E-state index contributed by atoms with van der Waals surface area (Å²) in [5.41, 5.74) is 8.27. The van der Waals surface area contributed by atoms with E-state index in [-0.39, 0.29) is 5.91 Å². The number of nitrogens with two attached hydrogens (primary N) is 1. The fourth-order valence-corrected chi connectivity index (χ4v) is 2.61. The predicted molar refractivity (Wildman–Crippen MR) is 75.7 cm³/mol. The number of aryl methyl sites for hydroxylation is 1. The van der Waals surface area contributed by atoms with Crippen molar-refractivity contribution in [2.24, 2.45) is 5.92 Å². The maximum absolute atomic E-state index is 12.3. The van der Waals surface area contributed by atoms with Crippen LogP contribution in [0.5, 0.6) is 0 Å². The van der Waals surface area contributed by atoms with Crippen LogP contribution in [0.2, 0.25) is 0 Å². The van der Waals surface area contributed by atoms with Crippen LogP contribution in [0.4, 0.5) is 5.69 Å². The second kappa shape index (κ2) is 5.63. The van der Waals surface area contributed by atoms with Gasteiger partial charge in [-0.2, -0.15) is 5.10 Å². The Labute approximate surface area is 114 Å². The van der Waals surface area contributed by atoms with E-state index in [1.54, 1.807) is 4.68 Å². The Morgan fingerprint density at radius 1 is 1.37 bits per heavy atom. The van der Waals surface area contributed by atoms with Crippen molar-refractivity contribution >= 4 is 11.6 Å². The molecule has 1 atom stereocenters. The van der Waals surface area contributed by atoms with E-state index < -0.39 is 0 Å². The van der Waals surface area contributed by atoms with Crippen molar-refractivity contribution in [2.75, 3.05) is 18.8 Å². The molecule has 0 aromatic carbocycles. The minimum atomic E-state index is 0.153. The molecule has 0 spiro atoms. The third kappa shape index (κ3) is 3.08. The van der Waals surface area contributed by atoms with Crippen LogP contribution in [0.1, 0.15) is 37.6 Å². The summed E-state index contributed by atoms with van der Waals surface area (Å²) in [4.78, 5) is 14.3. The molecule has 5 nitrogen and oxygen atoms in total. The number of amides is 1. The molecule has 1 unspecified atom stereocenters. The molecule has 5 heteroatoms. The third-order valence-corrected chi connectivity index (χ3v) is 4.09. The summed E-state index contributed by atoms with van der Waals surface area (Å²) in [5, 5.41) is 4.33. The number of anilines is 1. The van der Waals surface area contributed by atoms with Crippen LogP contribution < -0.4 is 5.73 Å². The molecule has 0 radical (unpaired) electrons. The highest BCUT2D eigenvalue weighted by molar-refractivity contribution is 5.76. The number of nitrogens with zero attached hydrogens (tertiary/aromatic N) is 3. The number of carbonyl (C=O) groups excluding carboxylic acids is 1. The topological polar surface area (TPSA) is 64.2 Å². The van der Waals surface area contributed by atoms with E-state index in [0.717, 1.165) is 43.2 Å². The molecule has 1 saturated heterocycles. The van der Waals surface area contributed by atoms with Crippen molar-refractivity contribution in [3.8, 4) is 0 Å². The fourth-order valence-electron chi connectivity index (χ4n) is 2.61. The van der Waals surface area contributed by atoms with E-state index in [9.17, 15) is 4.79 Å². The summed E-state index contributed by atoms with van der Waals surface area (Å²) in [6.07, 6.45) is 3.42. The molecule has 2 N–H and O–H groups in total. The quantitative estimate of drug-likeness (QED) is 0.884. The van der Waals surface area contributed by atoms with Crippen LogP contribution in [0.25, 0.3) is 0 Å². The van der Waals surface area contributed by atoms with Gasteiger partial charge in [0.1, 0.15) is 6.54 Å². The van der Waals surface area contributed by atoms with Gasteiger partial charge in [0.05, 0.1) is 17.1 Å². The Hall–Kier alpha value is -1.52. The highest BCUT2D eigenvalue weighted by atomic mass is 16.2. The van der Waals surface area contributed by atoms with Gasteiger partial charge >= 0.3 is 0 Å². The van der Waals surface area contributed by atoms with Crippen LogP contribution in [0.3, 0.4) is 0 Å². The smallest absolute Gasteiger partial charge is 0.244 e. The van der Waals surface area contributed by atoms with Crippen molar-refractivity contribution in [3.05, 3.63) is 11.4 Å². The van der Waals surface area contributed by atoms with Crippen molar-refractivity contribution in [2.45, 2.75) is 46.6 Å². The van der Waals surface area contributed by atoms with Crippen LogP contribution >= 0.6 is 0 Å². The van der Waals surface area contributed by atoms with Gasteiger partial charge in [-0.15, -0.1) is 0 Å². The van der Waals surface area contributed by atoms with Crippen LogP contribution in [-0.4, -0.2) is 33.7 Å². The van der Waals surface area contributed by atoms with E-state index in [1.807, 2.05) is 18.7 Å². The van der Waals surface area contributed by atoms with Gasteiger partial charge in [-0.05, 0) is 39.0 Å². The second-order valence-electron chi connectivity index (χ2n) is 5.66. The van der Waals surface area contributed by atoms with Gasteiger partial charge in [0.2, 0.25) is 5.91 Å². The lowest BCUT2D eigenvalue weighted by molar-refractivity contribution is -0.132. The molecule has 2 heterocycles. The summed E-state index contributed by atoms with van der Waals surface area (Å²) >= 11 is 0. The normalized spacial score (nSPS) is 20.4. The molecular weight excluding hydrogens is 240 g/mol. The lowest BCUT2D eigenvalue weighted by atomic mass is 10.0. The number of rotatable bonds is 2. The SMILES string of the molecule is Cc1nn(CC(=O)N2CCCC(C)CC2)c(C)c1N. The monoisotopic (exact) mass is 264 g/mol. The number of nitrogen functional groups attached to an aromatic ring is 1. The molecule has 0 aliphatic carbocycles. The van der Waals surface area contributed by atoms with Crippen molar-refractivity contribution in [1.82, 2.24) is 14.7 Å². The van der Waals surface area contributed by atoms with E-state index in [4.69, 9.17) is 5.73 Å². The molecule has 1 aliphatic rings. The molecule has 2 rings (SSSR count). The fraction of sp³-hybridized carbons (Fsp3) is 0.714. The summed E-state index contributed by atoms with van der Waals surface area (Å²) in [6.45, 7) is 8.09. The first-order chi connectivity index (χ1) is 8.99. The molecule has 1 amide bonds. The van der Waals surface area contributed by atoms with E-state index in [0.29, 0.717) is 12.2 Å². The Morgan fingerprint density at radius 2 is 2.11 bits per heavy atom. The van der Waals surface area contributed by atoms with Gasteiger partial charge in [-0.1, -0.05) is 6.92 Å². The van der Waals surface area contributed by atoms with Gasteiger partial charge in [0.25, 0.3) is 0 Å². The lowest BCUT2D eigenvalue weighted by Crippen LogP contribution is -2.35. The molecule has 0 bridgehead atoms. The van der Waals surface area contributed by atoms with Gasteiger partial charge in [-0.25, -0.2) is 0 Å². The maximum Gasteiger partial charge on any atom is 0.244 e. The first-order valence-electron chi connectivity index (χ1n) is 7.06. The average Bonchev–Trinajstić information content (AvgIpc) is 2.58. The highest BCUT2D eigenvalue weighted by Crippen LogP contribution is 2.18. The Morgan fingerprint density at radius 3 is 2.74 bits per heavy atom. The molecule has 1 aromatic heterocycles. The Bertz CT molecular complexity index is 466. The second-order valence-corrected chi connectivity index (χ2v) is 5.66. The predicted octanol–water partition coefficient (Wildman–Crippen LogP) is 1.73. The molecule has 106 valence electrons. The third-order valence-electron chi connectivity index (χ3n) is 4.09. The zero-order valence-electron chi connectivity index (χ0n) is 12.1. The van der Waals surface area contributed by atoms with Crippen molar-refractivity contribution < 1.29 is 4.79 Å². The Balaban J connectivity index is 2.02. The van der Waals surface area contributed by atoms with Crippen LogP contribution in [-0.2, 0) is 11.3 Å². The number of likely N-dealkylation sites (tertiary alicyclic amines) is 1. The first-order valence-corrected chi connectivity index (χ1v) is 7.06. The Kier molecular flexibility index (Phi) is 4.12. The standard InChI is InChI=1S/C14H24N4O/c1-10-5-4-7-17(8-6-10)13(19)9-18-12(3)14(15)11(2)16-18/h10H,4-9,15H2,1-3H3. The van der Waals surface area contributed by atoms with Crippen LogP contribution in [0, 0.1) is 19.8 Å². The molecule has 1 aliphatic heterocycles. The summed E-state index contributed by atoms with van der Waals surface area (Å²) in [6, 6.07) is 0. The van der Waals surface area contributed by atoms with Gasteiger partial charge < -0.3 is 10.6 Å². The average molecular weight is 264 g/mol. The molecule has 1 aromatic rings. The van der Waals surface area contributed by atoms with E-state index in [1.165, 1.54) is 6.42 Å². The van der Waals surface area contributed by atoms with Gasteiger partial charge in [-0.3, -0.25) is 9.48 Å². The number of carbonyl (C=O) groups is 1. The molecule has 0 saturated carbocycles. The maximum atomic E-state index is 12.3. The van der Waals surface area contributed by atoms with Crippen molar-refractivity contribution in [1.29, 1.82) is 0 Å². The number of hydrogen-bond donors (Lipinski definition) is 1. The lowest BCUT2D eigenvalue weighted by Gasteiger charge is -2.20. The number of aromatic nitrogens is 2. The molecule has 1 fully saturated rings. The largest absolute Gasteiger partial charge is 0.396 e. The summed E-state index contributed by atoms with van der Waals surface area (Å²) in [7, 11) is 0. The minimum absolute atomic E-state index is 0.153. The summed E-state index contributed by atoms with van der Waals surface area (Å²) in [5.74, 6) is 0.877. The van der Waals surface area contributed by atoms with Gasteiger partial charge in [0, 0.05) is 13.1 Å². The molecular formula is C14H24N4O. The van der Waals surface area contributed by atoms with E-state index >= 15 is 0 Å². The van der Waals surface area contributed by atoms with Crippen molar-refractivity contribution in [3.63, 3.8) is 0 Å².